The lowest BCUT2D eigenvalue weighted by atomic mass is 10.4. The van der Waals surface area contributed by atoms with Crippen LogP contribution in [0.25, 0.3) is 0 Å². The first kappa shape index (κ1) is 9.88. The van der Waals surface area contributed by atoms with Crippen LogP contribution in [0.1, 0.15) is 20.8 Å². The van der Waals surface area contributed by atoms with Gasteiger partial charge in [0.15, 0.2) is 0 Å². The normalized spacial score (nSPS) is 11.4. The molecule has 0 amide bonds. The molecule has 0 bridgehead atoms. The molecule has 3 nitrogen and oxygen atoms in total. The Balaban J connectivity index is 3.40. The molecule has 0 spiro atoms. The van der Waals surface area contributed by atoms with E-state index >= 15 is 0 Å². The molecule has 0 unspecified atom stereocenters. The predicted molar refractivity (Wildman–Crippen MR) is 44.6 cm³/mol. The van der Waals surface area contributed by atoms with Gasteiger partial charge in [-0.25, -0.2) is 5.01 Å². The van der Waals surface area contributed by atoms with Crippen LogP contribution in [-0.2, 0) is 0 Å². The second-order valence-corrected chi connectivity index (χ2v) is 2.58. The molecule has 0 aromatic rings. The van der Waals surface area contributed by atoms with Crippen molar-refractivity contribution in [2.24, 2.45) is 5.73 Å². The van der Waals surface area contributed by atoms with Crippen molar-refractivity contribution in [3.63, 3.8) is 0 Å². The topological polar surface area (TPSA) is 41.3 Å². The maximum atomic E-state index is 5.34. The van der Waals surface area contributed by atoms with E-state index in [0.717, 1.165) is 13.1 Å². The lowest BCUT2D eigenvalue weighted by Crippen LogP contribution is -2.44. The molecule has 3 heteroatoms. The molecular formula is C7H19N3. The predicted octanol–water partition coefficient (Wildman–Crippen LogP) is 0.180. The molecule has 0 saturated carbocycles. The first-order valence-corrected chi connectivity index (χ1v) is 3.92. The third-order valence-corrected chi connectivity index (χ3v) is 1.42. The van der Waals surface area contributed by atoms with E-state index < -0.39 is 0 Å². The van der Waals surface area contributed by atoms with Gasteiger partial charge in [-0.2, -0.15) is 0 Å². The number of nitrogens with one attached hydrogen (secondary N) is 1. The van der Waals surface area contributed by atoms with Crippen molar-refractivity contribution in [1.29, 1.82) is 0 Å². The zero-order chi connectivity index (χ0) is 7.98. The standard InChI is InChI=1S/C7H19N3/c1-4-10(7(2)3)9-6-5-8/h7,9H,4-6,8H2,1-3H3. The maximum Gasteiger partial charge on any atom is 0.0225 e. The molecule has 0 fully saturated rings. The molecule has 0 heterocycles. The van der Waals surface area contributed by atoms with Crippen molar-refractivity contribution in [1.82, 2.24) is 10.4 Å². The minimum absolute atomic E-state index is 0.552. The highest BCUT2D eigenvalue weighted by atomic mass is 15.5. The average Bonchev–Trinajstić information content (AvgIpc) is 1.89. The molecule has 0 aliphatic carbocycles. The Hall–Kier alpha value is -0.120. The SMILES string of the molecule is CCN(NCCN)C(C)C. The fourth-order valence-corrected chi connectivity index (χ4v) is 0.868. The van der Waals surface area contributed by atoms with Gasteiger partial charge in [0.25, 0.3) is 0 Å². The molecule has 0 aromatic carbocycles. The van der Waals surface area contributed by atoms with Crippen LogP contribution < -0.4 is 11.2 Å². The van der Waals surface area contributed by atoms with Crippen LogP contribution in [0, 0.1) is 0 Å². The maximum absolute atomic E-state index is 5.34. The minimum atomic E-state index is 0.552. The molecule has 62 valence electrons. The van der Waals surface area contributed by atoms with Crippen molar-refractivity contribution in [2.75, 3.05) is 19.6 Å². The molecule has 0 saturated heterocycles. The highest BCUT2D eigenvalue weighted by molar-refractivity contribution is 4.54. The summed E-state index contributed by atoms with van der Waals surface area (Å²) >= 11 is 0. The molecule has 0 atom stereocenters. The number of hydrogen-bond acceptors (Lipinski definition) is 3. The third kappa shape index (κ3) is 3.82. The Morgan fingerprint density at radius 1 is 1.50 bits per heavy atom. The van der Waals surface area contributed by atoms with Crippen molar-refractivity contribution >= 4 is 0 Å². The zero-order valence-electron chi connectivity index (χ0n) is 7.22. The van der Waals surface area contributed by atoms with E-state index in [9.17, 15) is 0 Å². The Labute approximate surface area is 63.5 Å². The smallest absolute Gasteiger partial charge is 0.0225 e. The van der Waals surface area contributed by atoms with Crippen molar-refractivity contribution in [3.8, 4) is 0 Å². The number of nitrogens with two attached hydrogens (primary N) is 1. The minimum Gasteiger partial charge on any atom is -0.329 e. The highest BCUT2D eigenvalue weighted by Crippen LogP contribution is 1.90. The van der Waals surface area contributed by atoms with Gasteiger partial charge in [-0.05, 0) is 13.8 Å². The molecule has 3 N–H and O–H groups in total. The molecular weight excluding hydrogens is 126 g/mol. The largest absolute Gasteiger partial charge is 0.329 e. The molecule has 0 rings (SSSR count). The quantitative estimate of drug-likeness (QED) is 0.542. The van der Waals surface area contributed by atoms with Gasteiger partial charge in [0.05, 0.1) is 0 Å². The van der Waals surface area contributed by atoms with Gasteiger partial charge in [-0.3, -0.25) is 5.43 Å². The van der Waals surface area contributed by atoms with Crippen LogP contribution in [-0.4, -0.2) is 30.7 Å². The zero-order valence-corrected chi connectivity index (χ0v) is 7.22. The van der Waals surface area contributed by atoms with Crippen LogP contribution in [0.4, 0.5) is 0 Å². The van der Waals surface area contributed by atoms with Crippen molar-refractivity contribution in [2.45, 2.75) is 26.8 Å². The first-order chi connectivity index (χ1) is 4.72. The van der Waals surface area contributed by atoms with E-state index in [0.29, 0.717) is 12.6 Å². The molecule has 0 aliphatic rings. The van der Waals surface area contributed by atoms with Gasteiger partial charge in [0, 0.05) is 25.7 Å². The van der Waals surface area contributed by atoms with Crippen LogP contribution in [0.5, 0.6) is 0 Å². The monoisotopic (exact) mass is 145 g/mol. The van der Waals surface area contributed by atoms with Crippen LogP contribution in [0.15, 0.2) is 0 Å². The van der Waals surface area contributed by atoms with Gasteiger partial charge in [0.2, 0.25) is 0 Å². The molecule has 0 aliphatic heterocycles. The van der Waals surface area contributed by atoms with Crippen LogP contribution in [0.2, 0.25) is 0 Å². The Morgan fingerprint density at radius 2 is 2.10 bits per heavy atom. The van der Waals surface area contributed by atoms with Crippen LogP contribution >= 0.6 is 0 Å². The number of nitrogens with zero attached hydrogens (tertiary/aromatic N) is 1. The van der Waals surface area contributed by atoms with Gasteiger partial charge >= 0.3 is 0 Å². The summed E-state index contributed by atoms with van der Waals surface area (Å²) in [5.41, 5.74) is 8.57. The summed E-state index contributed by atoms with van der Waals surface area (Å²) in [5, 5.41) is 2.17. The summed E-state index contributed by atoms with van der Waals surface area (Å²) in [4.78, 5) is 0. The summed E-state index contributed by atoms with van der Waals surface area (Å²) in [5.74, 6) is 0. The van der Waals surface area contributed by atoms with Gasteiger partial charge in [-0.15, -0.1) is 0 Å². The lowest BCUT2D eigenvalue weighted by molar-refractivity contribution is 0.155. The van der Waals surface area contributed by atoms with E-state index in [1.54, 1.807) is 0 Å². The summed E-state index contributed by atoms with van der Waals surface area (Å²) < 4.78 is 0. The number of hydrazine groups is 1. The number of rotatable bonds is 5. The summed E-state index contributed by atoms with van der Waals surface area (Å²) in [7, 11) is 0. The summed E-state index contributed by atoms with van der Waals surface area (Å²) in [6.07, 6.45) is 0. The van der Waals surface area contributed by atoms with Crippen LogP contribution in [0.3, 0.4) is 0 Å². The third-order valence-electron chi connectivity index (χ3n) is 1.42. The average molecular weight is 145 g/mol. The van der Waals surface area contributed by atoms with E-state index in [1.807, 2.05) is 0 Å². The summed E-state index contributed by atoms with van der Waals surface area (Å²) in [6.45, 7) is 9.04. The fraction of sp³-hybridized carbons (Fsp3) is 1.00. The van der Waals surface area contributed by atoms with Crippen molar-refractivity contribution < 1.29 is 0 Å². The van der Waals surface area contributed by atoms with E-state index in [4.69, 9.17) is 5.73 Å². The highest BCUT2D eigenvalue weighted by Gasteiger charge is 2.03. The van der Waals surface area contributed by atoms with Gasteiger partial charge in [-0.1, -0.05) is 6.92 Å². The van der Waals surface area contributed by atoms with E-state index in [2.05, 4.69) is 31.2 Å². The van der Waals surface area contributed by atoms with E-state index in [1.165, 1.54) is 0 Å². The lowest BCUT2D eigenvalue weighted by Gasteiger charge is -2.25. The second kappa shape index (κ2) is 5.65. The second-order valence-electron chi connectivity index (χ2n) is 2.58. The Kier molecular flexibility index (Phi) is 5.58. The molecule has 10 heavy (non-hydrogen) atoms. The number of hydrogen-bond donors (Lipinski definition) is 2. The Bertz CT molecular complexity index is 73.3. The molecule has 0 aromatic heterocycles. The fourth-order valence-electron chi connectivity index (χ4n) is 0.868. The van der Waals surface area contributed by atoms with Gasteiger partial charge < -0.3 is 5.73 Å². The van der Waals surface area contributed by atoms with E-state index in [-0.39, 0.29) is 0 Å². The van der Waals surface area contributed by atoms with Crippen molar-refractivity contribution in [3.05, 3.63) is 0 Å². The van der Waals surface area contributed by atoms with Gasteiger partial charge in [0.1, 0.15) is 0 Å². The molecule has 0 radical (unpaired) electrons. The Morgan fingerprint density at radius 3 is 2.40 bits per heavy atom. The summed E-state index contributed by atoms with van der Waals surface area (Å²) in [6, 6.07) is 0.552. The first-order valence-electron chi connectivity index (χ1n) is 3.92.